The maximum absolute atomic E-state index is 11.8. The van der Waals surface area contributed by atoms with Crippen molar-refractivity contribution in [3.8, 4) is 11.4 Å². The maximum atomic E-state index is 11.8. The number of pyridine rings is 2. The summed E-state index contributed by atoms with van der Waals surface area (Å²) in [7, 11) is 0. The van der Waals surface area contributed by atoms with E-state index < -0.39 is 0 Å². The molecule has 30 heavy (non-hydrogen) atoms. The first-order chi connectivity index (χ1) is 14.6. The van der Waals surface area contributed by atoms with Gasteiger partial charge in [-0.25, -0.2) is 9.59 Å². The van der Waals surface area contributed by atoms with E-state index in [1.807, 2.05) is 24.3 Å². The van der Waals surface area contributed by atoms with Gasteiger partial charge in [0.05, 0.1) is 11.4 Å². The van der Waals surface area contributed by atoms with Gasteiger partial charge >= 0.3 is 12.1 Å². The van der Waals surface area contributed by atoms with Crippen LogP contribution in [0.2, 0.25) is 0 Å². The molecule has 0 unspecified atom stereocenters. The zero-order chi connectivity index (χ0) is 21.6. The second-order valence-corrected chi connectivity index (χ2v) is 7.02. The molecule has 4 N–H and O–H groups in total. The third kappa shape index (κ3) is 8.46. The number of nitrogens with one attached hydrogen (secondary N) is 4. The quantitative estimate of drug-likeness (QED) is 0.425. The number of carbonyl (C=O) groups excluding carboxylic acids is 2. The number of rotatable bonds is 11. The molecule has 2 rings (SSSR count). The van der Waals surface area contributed by atoms with Gasteiger partial charge < -0.3 is 21.3 Å². The van der Waals surface area contributed by atoms with Crippen molar-refractivity contribution in [1.29, 1.82) is 0 Å². The van der Waals surface area contributed by atoms with Gasteiger partial charge in [-0.05, 0) is 48.2 Å². The molecule has 0 saturated heterocycles. The zero-order valence-electron chi connectivity index (χ0n) is 17.8. The van der Waals surface area contributed by atoms with Crippen molar-refractivity contribution < 1.29 is 9.59 Å². The van der Waals surface area contributed by atoms with E-state index in [9.17, 15) is 9.59 Å². The number of carbonyl (C=O) groups is 2. The topological polar surface area (TPSA) is 108 Å². The van der Waals surface area contributed by atoms with E-state index in [0.29, 0.717) is 26.2 Å². The minimum absolute atomic E-state index is 0.176. The summed E-state index contributed by atoms with van der Waals surface area (Å²) in [6, 6.07) is 7.19. The largest absolute Gasteiger partial charge is 0.338 e. The van der Waals surface area contributed by atoms with Crippen LogP contribution in [0, 0.1) is 0 Å². The summed E-state index contributed by atoms with van der Waals surface area (Å²) in [5.41, 5.74) is 3.31. The lowest BCUT2D eigenvalue weighted by Gasteiger charge is -2.09. The molecule has 0 aliphatic heterocycles. The number of hydrogen-bond donors (Lipinski definition) is 4. The summed E-state index contributed by atoms with van der Waals surface area (Å²) in [6.45, 7) is 6.33. The fourth-order valence-electron chi connectivity index (χ4n) is 2.70. The molecule has 162 valence electrons. The fraction of sp³-hybridized carbons (Fsp3) is 0.455. The van der Waals surface area contributed by atoms with Gasteiger partial charge in [0.15, 0.2) is 0 Å². The molecule has 0 spiro atoms. The first-order valence-corrected chi connectivity index (χ1v) is 10.6. The number of nitrogens with zero attached hydrogens (tertiary/aromatic N) is 2. The average molecular weight is 413 g/mol. The van der Waals surface area contributed by atoms with Crippen molar-refractivity contribution in [2.24, 2.45) is 0 Å². The van der Waals surface area contributed by atoms with Crippen molar-refractivity contribution in [3.63, 3.8) is 0 Å². The summed E-state index contributed by atoms with van der Waals surface area (Å²) in [6.07, 6.45) is 7.41. The van der Waals surface area contributed by atoms with Gasteiger partial charge in [-0.3, -0.25) is 9.97 Å². The van der Waals surface area contributed by atoms with E-state index in [-0.39, 0.29) is 12.1 Å². The second kappa shape index (κ2) is 13.1. The predicted molar refractivity (Wildman–Crippen MR) is 118 cm³/mol. The highest BCUT2D eigenvalue weighted by Gasteiger charge is 2.06. The molecule has 0 aromatic carbocycles. The first-order valence-electron chi connectivity index (χ1n) is 10.6. The number of hydrogen-bond acceptors (Lipinski definition) is 4. The Bertz CT molecular complexity index is 744. The van der Waals surface area contributed by atoms with Crippen LogP contribution in [-0.2, 0) is 13.1 Å². The molecule has 0 fully saturated rings. The van der Waals surface area contributed by atoms with Crippen LogP contribution >= 0.6 is 0 Å². The molecule has 0 aliphatic rings. The van der Waals surface area contributed by atoms with Crippen LogP contribution in [0.25, 0.3) is 11.4 Å². The Morgan fingerprint density at radius 2 is 1.17 bits per heavy atom. The molecule has 0 radical (unpaired) electrons. The van der Waals surface area contributed by atoms with Crippen molar-refractivity contribution >= 4 is 12.1 Å². The van der Waals surface area contributed by atoms with Crippen LogP contribution in [0.3, 0.4) is 0 Å². The summed E-state index contributed by atoms with van der Waals surface area (Å²) >= 11 is 0. The molecule has 0 atom stereocenters. The molecular formula is C22H32N6O2. The van der Waals surface area contributed by atoms with Gasteiger partial charge in [-0.1, -0.05) is 26.7 Å². The van der Waals surface area contributed by atoms with Crippen molar-refractivity contribution in [1.82, 2.24) is 31.2 Å². The lowest BCUT2D eigenvalue weighted by atomic mass is 10.1. The van der Waals surface area contributed by atoms with Gasteiger partial charge in [0.25, 0.3) is 0 Å². The lowest BCUT2D eigenvalue weighted by molar-refractivity contribution is 0.239. The van der Waals surface area contributed by atoms with Gasteiger partial charge in [-0.15, -0.1) is 0 Å². The highest BCUT2D eigenvalue weighted by atomic mass is 16.2. The van der Waals surface area contributed by atoms with Crippen LogP contribution in [0.15, 0.2) is 36.7 Å². The minimum atomic E-state index is -0.176. The van der Waals surface area contributed by atoms with Crippen molar-refractivity contribution in [3.05, 3.63) is 47.8 Å². The second-order valence-electron chi connectivity index (χ2n) is 7.02. The monoisotopic (exact) mass is 412 g/mol. The lowest BCUT2D eigenvalue weighted by Crippen LogP contribution is -2.35. The van der Waals surface area contributed by atoms with Gasteiger partial charge in [0, 0.05) is 38.6 Å². The molecule has 4 amide bonds. The first kappa shape index (κ1) is 23.1. The number of urea groups is 2. The van der Waals surface area contributed by atoms with E-state index >= 15 is 0 Å². The normalized spacial score (nSPS) is 10.3. The molecule has 8 heteroatoms. The van der Waals surface area contributed by atoms with Crippen molar-refractivity contribution in [2.75, 3.05) is 13.1 Å². The number of aromatic nitrogens is 2. The van der Waals surface area contributed by atoms with Crippen LogP contribution in [0.5, 0.6) is 0 Å². The molecule has 0 bridgehead atoms. The minimum Gasteiger partial charge on any atom is -0.338 e. The van der Waals surface area contributed by atoms with E-state index in [4.69, 9.17) is 0 Å². The van der Waals surface area contributed by atoms with Crippen LogP contribution in [0.4, 0.5) is 9.59 Å². The van der Waals surface area contributed by atoms with Crippen LogP contribution in [-0.4, -0.2) is 35.1 Å². The fourth-order valence-corrected chi connectivity index (χ4v) is 2.70. The summed E-state index contributed by atoms with van der Waals surface area (Å²) in [5.74, 6) is 0. The highest BCUT2D eigenvalue weighted by Crippen LogP contribution is 2.16. The summed E-state index contributed by atoms with van der Waals surface area (Å²) < 4.78 is 0. The molecule has 0 aliphatic carbocycles. The molecule has 0 saturated carbocycles. The maximum Gasteiger partial charge on any atom is 0.315 e. The molecule has 2 heterocycles. The number of amides is 4. The number of unbranched alkanes of at least 4 members (excludes halogenated alkanes) is 2. The predicted octanol–water partition coefficient (Wildman–Crippen LogP) is 3.34. The molecule has 8 nitrogen and oxygen atoms in total. The Kier molecular flexibility index (Phi) is 10.1. The van der Waals surface area contributed by atoms with E-state index in [2.05, 4.69) is 45.1 Å². The van der Waals surface area contributed by atoms with Gasteiger partial charge in [-0.2, -0.15) is 0 Å². The Balaban J connectivity index is 1.91. The highest BCUT2D eigenvalue weighted by molar-refractivity contribution is 5.74. The van der Waals surface area contributed by atoms with Crippen LogP contribution < -0.4 is 21.3 Å². The zero-order valence-corrected chi connectivity index (χ0v) is 17.8. The van der Waals surface area contributed by atoms with Gasteiger partial charge in [0.1, 0.15) is 0 Å². The third-order valence-electron chi connectivity index (χ3n) is 4.45. The summed E-state index contributed by atoms with van der Waals surface area (Å²) in [5, 5.41) is 11.4. The Morgan fingerprint density at radius 1 is 0.733 bits per heavy atom. The Hall–Kier alpha value is -3.16. The Labute approximate surface area is 178 Å². The third-order valence-corrected chi connectivity index (χ3v) is 4.45. The van der Waals surface area contributed by atoms with Gasteiger partial charge in [0.2, 0.25) is 0 Å². The van der Waals surface area contributed by atoms with Crippen molar-refractivity contribution in [2.45, 2.75) is 52.6 Å². The average Bonchev–Trinajstić information content (AvgIpc) is 2.77. The Morgan fingerprint density at radius 3 is 1.57 bits per heavy atom. The molecule has 2 aromatic rings. The summed E-state index contributed by atoms with van der Waals surface area (Å²) in [4.78, 5) is 32.4. The molecular weight excluding hydrogens is 380 g/mol. The smallest absolute Gasteiger partial charge is 0.315 e. The van der Waals surface area contributed by atoms with E-state index in [0.717, 1.165) is 48.2 Å². The molecule has 2 aromatic heterocycles. The van der Waals surface area contributed by atoms with E-state index in [1.54, 1.807) is 12.4 Å². The SMILES string of the molecule is CCCCNC(=O)NCc1ccnc(-c2cc(CNC(=O)NCCCC)ccn2)c1. The van der Waals surface area contributed by atoms with Crippen LogP contribution in [0.1, 0.15) is 50.7 Å². The van der Waals surface area contributed by atoms with E-state index in [1.165, 1.54) is 0 Å². The standard InChI is InChI=1S/C22H32N6O2/c1-3-5-9-25-21(29)27-15-17-7-11-23-19(13-17)20-14-18(8-12-24-20)16-28-22(30)26-10-6-4-2/h7-8,11-14H,3-6,9-10,15-16H2,1-2H3,(H2,25,27,29)(H2,26,28,30).